The highest BCUT2D eigenvalue weighted by atomic mass is 16.4. The maximum absolute atomic E-state index is 12.0. The van der Waals surface area contributed by atoms with Gasteiger partial charge in [0.25, 0.3) is 5.91 Å². The van der Waals surface area contributed by atoms with E-state index in [0.29, 0.717) is 5.56 Å². The molecule has 1 saturated heterocycles. The molecule has 1 aliphatic heterocycles. The van der Waals surface area contributed by atoms with Gasteiger partial charge in [0, 0.05) is 25.4 Å². The largest absolute Gasteiger partial charge is 0.480 e. The number of likely N-dealkylation sites (tertiary alicyclic amines) is 1. The van der Waals surface area contributed by atoms with Crippen LogP contribution in [0.15, 0.2) is 24.5 Å². The summed E-state index contributed by atoms with van der Waals surface area (Å²) in [4.78, 5) is 28.0. The maximum Gasteiger partial charge on any atom is 0.326 e. The summed E-state index contributed by atoms with van der Waals surface area (Å²) in [6.45, 7) is 0.0463. The van der Waals surface area contributed by atoms with Crippen LogP contribution in [-0.4, -0.2) is 50.7 Å². The van der Waals surface area contributed by atoms with Crippen LogP contribution in [0, 0.1) is 0 Å². The first-order chi connectivity index (χ1) is 8.09. The number of aromatic nitrogens is 1. The van der Waals surface area contributed by atoms with Gasteiger partial charge in [-0.15, -0.1) is 0 Å². The normalized spacial score (nSPS) is 23.7. The van der Waals surface area contributed by atoms with Gasteiger partial charge in [0.05, 0.1) is 11.7 Å². The highest BCUT2D eigenvalue weighted by Gasteiger charge is 2.39. The lowest BCUT2D eigenvalue weighted by atomic mass is 10.2. The van der Waals surface area contributed by atoms with E-state index < -0.39 is 24.0 Å². The first-order valence-electron chi connectivity index (χ1n) is 5.21. The Hall–Kier alpha value is -1.95. The van der Waals surface area contributed by atoms with E-state index in [-0.39, 0.29) is 13.0 Å². The molecule has 2 rings (SSSR count). The first-order valence-corrected chi connectivity index (χ1v) is 5.21. The van der Waals surface area contributed by atoms with E-state index in [2.05, 4.69) is 4.98 Å². The van der Waals surface area contributed by atoms with Crippen molar-refractivity contribution in [3.63, 3.8) is 0 Å². The molecule has 1 aliphatic rings. The smallest absolute Gasteiger partial charge is 0.326 e. The minimum Gasteiger partial charge on any atom is -0.480 e. The third kappa shape index (κ3) is 2.26. The number of aliphatic carboxylic acids is 1. The molecule has 1 aromatic rings. The van der Waals surface area contributed by atoms with Gasteiger partial charge in [0.2, 0.25) is 0 Å². The SMILES string of the molecule is O=C(O)[C@@H]1CC(O)CN1C(=O)c1cccnc1. The van der Waals surface area contributed by atoms with Crippen LogP contribution in [0.1, 0.15) is 16.8 Å². The molecule has 2 heterocycles. The fraction of sp³-hybridized carbons (Fsp3) is 0.364. The van der Waals surface area contributed by atoms with Crippen molar-refractivity contribution < 1.29 is 19.8 Å². The fourth-order valence-corrected chi connectivity index (χ4v) is 1.93. The topological polar surface area (TPSA) is 90.7 Å². The summed E-state index contributed by atoms with van der Waals surface area (Å²) in [7, 11) is 0. The second kappa shape index (κ2) is 4.50. The first kappa shape index (κ1) is 11.5. The molecule has 0 spiro atoms. The molecule has 2 N–H and O–H groups in total. The Balaban J connectivity index is 2.22. The van der Waals surface area contributed by atoms with Crippen LogP contribution in [0.2, 0.25) is 0 Å². The van der Waals surface area contributed by atoms with Gasteiger partial charge >= 0.3 is 5.97 Å². The number of hydrogen-bond acceptors (Lipinski definition) is 4. The van der Waals surface area contributed by atoms with Crippen LogP contribution >= 0.6 is 0 Å². The lowest BCUT2D eigenvalue weighted by molar-refractivity contribution is -0.141. The van der Waals surface area contributed by atoms with Gasteiger partial charge < -0.3 is 15.1 Å². The Labute approximate surface area is 97.5 Å². The third-order valence-corrected chi connectivity index (χ3v) is 2.73. The molecule has 6 heteroatoms. The Bertz CT molecular complexity index is 434. The average molecular weight is 236 g/mol. The molecule has 1 fully saturated rings. The summed E-state index contributed by atoms with van der Waals surface area (Å²) in [5, 5.41) is 18.4. The number of aliphatic hydroxyl groups is 1. The summed E-state index contributed by atoms with van der Waals surface area (Å²) >= 11 is 0. The number of carboxylic acids is 1. The molecule has 0 aliphatic carbocycles. The molecule has 1 unspecified atom stereocenters. The lowest BCUT2D eigenvalue weighted by Crippen LogP contribution is -2.40. The average Bonchev–Trinajstić information content (AvgIpc) is 2.72. The Morgan fingerprint density at radius 3 is 2.82 bits per heavy atom. The number of nitrogens with zero attached hydrogens (tertiary/aromatic N) is 2. The van der Waals surface area contributed by atoms with Gasteiger partial charge in [0.1, 0.15) is 6.04 Å². The van der Waals surface area contributed by atoms with Crippen LogP contribution in [0.5, 0.6) is 0 Å². The second-order valence-corrected chi connectivity index (χ2v) is 3.94. The minimum atomic E-state index is -1.10. The highest BCUT2D eigenvalue weighted by Crippen LogP contribution is 2.20. The standard InChI is InChI=1S/C11H12N2O4/c14-8-4-9(11(16)17)13(6-8)10(15)7-2-1-3-12-5-7/h1-3,5,8-9,14H,4,6H2,(H,16,17)/t8?,9-/m0/s1. The molecule has 0 saturated carbocycles. The third-order valence-electron chi connectivity index (χ3n) is 2.73. The van der Waals surface area contributed by atoms with Crippen molar-refractivity contribution in [2.45, 2.75) is 18.6 Å². The van der Waals surface area contributed by atoms with Crippen LogP contribution in [0.3, 0.4) is 0 Å². The van der Waals surface area contributed by atoms with Crippen molar-refractivity contribution in [2.75, 3.05) is 6.54 Å². The Morgan fingerprint density at radius 2 is 2.24 bits per heavy atom. The zero-order valence-corrected chi connectivity index (χ0v) is 8.98. The zero-order chi connectivity index (χ0) is 12.4. The Morgan fingerprint density at radius 1 is 1.47 bits per heavy atom. The quantitative estimate of drug-likeness (QED) is 0.738. The number of carbonyl (C=O) groups excluding carboxylic acids is 1. The van der Waals surface area contributed by atoms with Crippen LogP contribution in [0.25, 0.3) is 0 Å². The molecule has 2 atom stereocenters. The van der Waals surface area contributed by atoms with Crippen molar-refractivity contribution in [1.29, 1.82) is 0 Å². The minimum absolute atomic E-state index is 0.0463. The van der Waals surface area contributed by atoms with Crippen molar-refractivity contribution in [2.24, 2.45) is 0 Å². The van der Waals surface area contributed by atoms with Gasteiger partial charge in [-0.1, -0.05) is 0 Å². The maximum atomic E-state index is 12.0. The number of carboxylic acid groups (broad SMARTS) is 1. The van der Waals surface area contributed by atoms with Gasteiger partial charge in [-0.2, -0.15) is 0 Å². The molecular formula is C11H12N2O4. The van der Waals surface area contributed by atoms with Crippen molar-refractivity contribution >= 4 is 11.9 Å². The van der Waals surface area contributed by atoms with E-state index >= 15 is 0 Å². The molecule has 90 valence electrons. The number of rotatable bonds is 2. The zero-order valence-electron chi connectivity index (χ0n) is 8.98. The van der Waals surface area contributed by atoms with Crippen LogP contribution < -0.4 is 0 Å². The summed E-state index contributed by atoms with van der Waals surface area (Å²) in [5.41, 5.74) is 0.327. The molecule has 6 nitrogen and oxygen atoms in total. The number of pyridine rings is 1. The number of carbonyl (C=O) groups is 2. The van der Waals surface area contributed by atoms with E-state index in [1.165, 1.54) is 17.3 Å². The predicted molar refractivity (Wildman–Crippen MR) is 57.3 cm³/mol. The molecule has 0 aromatic carbocycles. The molecule has 1 aromatic heterocycles. The monoisotopic (exact) mass is 236 g/mol. The predicted octanol–water partition coefficient (Wildman–Crippen LogP) is -0.258. The van der Waals surface area contributed by atoms with Crippen LogP contribution in [-0.2, 0) is 4.79 Å². The molecule has 1 amide bonds. The summed E-state index contributed by atoms with van der Waals surface area (Å²) in [6, 6.07) is 2.21. The number of amides is 1. The molecule has 0 radical (unpaired) electrons. The summed E-state index contributed by atoms with van der Waals surface area (Å²) in [5.74, 6) is -1.51. The summed E-state index contributed by atoms with van der Waals surface area (Å²) < 4.78 is 0. The van der Waals surface area contributed by atoms with Crippen molar-refractivity contribution in [3.8, 4) is 0 Å². The van der Waals surface area contributed by atoms with E-state index in [4.69, 9.17) is 5.11 Å². The van der Waals surface area contributed by atoms with E-state index in [1.807, 2.05) is 0 Å². The van der Waals surface area contributed by atoms with Crippen molar-refractivity contribution in [1.82, 2.24) is 9.88 Å². The van der Waals surface area contributed by atoms with Gasteiger partial charge in [0.15, 0.2) is 0 Å². The lowest BCUT2D eigenvalue weighted by Gasteiger charge is -2.20. The highest BCUT2D eigenvalue weighted by molar-refractivity contribution is 5.96. The molecular weight excluding hydrogens is 224 g/mol. The fourth-order valence-electron chi connectivity index (χ4n) is 1.93. The van der Waals surface area contributed by atoms with Gasteiger partial charge in [-0.3, -0.25) is 9.78 Å². The van der Waals surface area contributed by atoms with Gasteiger partial charge in [-0.25, -0.2) is 4.79 Å². The second-order valence-electron chi connectivity index (χ2n) is 3.94. The number of hydrogen-bond donors (Lipinski definition) is 2. The molecule has 17 heavy (non-hydrogen) atoms. The van der Waals surface area contributed by atoms with Gasteiger partial charge in [-0.05, 0) is 12.1 Å². The van der Waals surface area contributed by atoms with E-state index in [1.54, 1.807) is 12.1 Å². The van der Waals surface area contributed by atoms with Crippen LogP contribution in [0.4, 0.5) is 0 Å². The molecule has 0 bridgehead atoms. The van der Waals surface area contributed by atoms with Crippen molar-refractivity contribution in [3.05, 3.63) is 30.1 Å². The van der Waals surface area contributed by atoms with E-state index in [0.717, 1.165) is 0 Å². The van der Waals surface area contributed by atoms with E-state index in [9.17, 15) is 14.7 Å². The summed E-state index contributed by atoms with van der Waals surface area (Å²) in [6.07, 6.45) is 2.20. The number of β-amino-alcohol motifs (C(OH)–C–C–N with tert-alkyl or cyclic N) is 1. The Kier molecular flexibility index (Phi) is 3.06. The number of aliphatic hydroxyl groups excluding tert-OH is 1.